The van der Waals surface area contributed by atoms with Gasteiger partial charge >= 0.3 is 0 Å². The normalized spacial score (nSPS) is 11.5. The number of hydrogen-bond donors (Lipinski definition) is 2. The van der Waals surface area contributed by atoms with E-state index in [1.807, 2.05) is 45.3 Å². The molecular weight excluding hydrogens is 238 g/mol. The van der Waals surface area contributed by atoms with E-state index in [0.29, 0.717) is 12.1 Å². The zero-order valence-corrected chi connectivity index (χ0v) is 12.6. The number of para-hydroxylation sites is 1. The molecular formula is C15H25N3O. The quantitative estimate of drug-likeness (QED) is 0.827. The Morgan fingerprint density at radius 2 is 1.89 bits per heavy atom. The van der Waals surface area contributed by atoms with Gasteiger partial charge in [0.05, 0.1) is 5.56 Å². The van der Waals surface area contributed by atoms with E-state index in [1.165, 1.54) is 0 Å². The smallest absolute Gasteiger partial charge is 0.253 e. The van der Waals surface area contributed by atoms with Gasteiger partial charge in [-0.3, -0.25) is 4.79 Å². The summed E-state index contributed by atoms with van der Waals surface area (Å²) in [6, 6.07) is 7.58. The van der Waals surface area contributed by atoms with Crippen LogP contribution in [0, 0.1) is 0 Å². The lowest BCUT2D eigenvalue weighted by molar-refractivity contribution is 0.0920. The molecule has 2 N–H and O–H groups in total. The van der Waals surface area contributed by atoms with Crippen molar-refractivity contribution in [2.45, 2.75) is 26.3 Å². The van der Waals surface area contributed by atoms with Gasteiger partial charge in [-0.25, -0.2) is 0 Å². The number of hydrogen-bond acceptors (Lipinski definition) is 3. The predicted molar refractivity (Wildman–Crippen MR) is 80.7 cm³/mol. The van der Waals surface area contributed by atoms with Crippen molar-refractivity contribution in [2.24, 2.45) is 0 Å². The first-order valence-corrected chi connectivity index (χ1v) is 6.67. The fraction of sp³-hybridized carbons (Fsp3) is 0.533. The van der Waals surface area contributed by atoms with E-state index in [0.717, 1.165) is 12.2 Å². The SMILES string of the molecule is CCNc1ccccc1C(=O)NCC(C)(C)N(C)C. The van der Waals surface area contributed by atoms with E-state index in [9.17, 15) is 4.79 Å². The Balaban J connectivity index is 2.74. The van der Waals surface area contributed by atoms with Crippen LogP contribution < -0.4 is 10.6 Å². The van der Waals surface area contributed by atoms with Crippen molar-refractivity contribution in [3.63, 3.8) is 0 Å². The summed E-state index contributed by atoms with van der Waals surface area (Å²) in [4.78, 5) is 14.3. The van der Waals surface area contributed by atoms with Gasteiger partial charge in [-0.05, 0) is 47.0 Å². The Morgan fingerprint density at radius 3 is 2.47 bits per heavy atom. The number of carbonyl (C=O) groups excluding carboxylic acids is 1. The average molecular weight is 263 g/mol. The highest BCUT2D eigenvalue weighted by molar-refractivity contribution is 5.99. The summed E-state index contributed by atoms with van der Waals surface area (Å²) in [6.45, 7) is 7.63. The van der Waals surface area contributed by atoms with E-state index < -0.39 is 0 Å². The maximum atomic E-state index is 12.2. The average Bonchev–Trinajstić information content (AvgIpc) is 2.37. The lowest BCUT2D eigenvalue weighted by Crippen LogP contribution is -2.48. The summed E-state index contributed by atoms with van der Waals surface area (Å²) in [7, 11) is 4.03. The van der Waals surface area contributed by atoms with Crippen LogP contribution in [0.2, 0.25) is 0 Å². The molecule has 4 nitrogen and oxygen atoms in total. The van der Waals surface area contributed by atoms with E-state index in [1.54, 1.807) is 0 Å². The van der Waals surface area contributed by atoms with Crippen molar-refractivity contribution in [3.05, 3.63) is 29.8 Å². The molecule has 106 valence electrons. The number of likely N-dealkylation sites (N-methyl/N-ethyl adjacent to an activating group) is 1. The third-order valence-electron chi connectivity index (χ3n) is 3.43. The van der Waals surface area contributed by atoms with Crippen LogP contribution in [0.15, 0.2) is 24.3 Å². The van der Waals surface area contributed by atoms with Gasteiger partial charge in [-0.2, -0.15) is 0 Å². The minimum Gasteiger partial charge on any atom is -0.385 e. The van der Waals surface area contributed by atoms with Crippen molar-refractivity contribution in [1.82, 2.24) is 10.2 Å². The number of anilines is 1. The molecule has 0 saturated carbocycles. The van der Waals surface area contributed by atoms with Gasteiger partial charge in [0.2, 0.25) is 0 Å². The van der Waals surface area contributed by atoms with E-state index in [2.05, 4.69) is 29.4 Å². The molecule has 0 radical (unpaired) electrons. The number of rotatable bonds is 6. The minimum atomic E-state index is -0.0667. The van der Waals surface area contributed by atoms with Gasteiger partial charge in [0.15, 0.2) is 0 Å². The van der Waals surface area contributed by atoms with E-state index in [-0.39, 0.29) is 11.4 Å². The zero-order valence-electron chi connectivity index (χ0n) is 12.6. The largest absolute Gasteiger partial charge is 0.385 e. The van der Waals surface area contributed by atoms with Crippen molar-refractivity contribution in [1.29, 1.82) is 0 Å². The van der Waals surface area contributed by atoms with E-state index in [4.69, 9.17) is 0 Å². The van der Waals surface area contributed by atoms with Gasteiger partial charge in [0.1, 0.15) is 0 Å². The van der Waals surface area contributed by atoms with Crippen LogP contribution in [0.25, 0.3) is 0 Å². The second kappa shape index (κ2) is 6.57. The molecule has 0 unspecified atom stereocenters. The highest BCUT2D eigenvalue weighted by Crippen LogP contribution is 2.15. The Bertz CT molecular complexity index is 427. The molecule has 1 aromatic carbocycles. The molecule has 1 rings (SSSR count). The summed E-state index contributed by atoms with van der Waals surface area (Å²) in [5.41, 5.74) is 1.51. The van der Waals surface area contributed by atoms with Gasteiger partial charge in [-0.15, -0.1) is 0 Å². The number of nitrogens with one attached hydrogen (secondary N) is 2. The predicted octanol–water partition coefficient (Wildman–Crippen LogP) is 2.19. The van der Waals surface area contributed by atoms with Crippen molar-refractivity contribution in [3.8, 4) is 0 Å². The van der Waals surface area contributed by atoms with Gasteiger partial charge < -0.3 is 15.5 Å². The van der Waals surface area contributed by atoms with Crippen LogP contribution >= 0.6 is 0 Å². The standard InChI is InChI=1S/C15H25N3O/c1-6-16-13-10-8-7-9-12(13)14(19)17-11-15(2,3)18(4)5/h7-10,16H,6,11H2,1-5H3,(H,17,19). The first-order valence-electron chi connectivity index (χ1n) is 6.67. The molecule has 0 spiro atoms. The molecule has 1 amide bonds. The molecule has 4 heteroatoms. The topological polar surface area (TPSA) is 44.4 Å². The molecule has 0 heterocycles. The Kier molecular flexibility index (Phi) is 5.36. The van der Waals surface area contributed by atoms with Gasteiger partial charge in [-0.1, -0.05) is 12.1 Å². The fourth-order valence-corrected chi connectivity index (χ4v) is 1.58. The lowest BCUT2D eigenvalue weighted by Gasteiger charge is -2.32. The fourth-order valence-electron chi connectivity index (χ4n) is 1.58. The van der Waals surface area contributed by atoms with Crippen LogP contribution in [-0.4, -0.2) is 43.5 Å². The maximum absolute atomic E-state index is 12.2. The minimum absolute atomic E-state index is 0.0357. The molecule has 0 aliphatic rings. The molecule has 0 aliphatic heterocycles. The van der Waals surface area contributed by atoms with Crippen LogP contribution in [0.3, 0.4) is 0 Å². The molecule has 0 aliphatic carbocycles. The molecule has 19 heavy (non-hydrogen) atoms. The Morgan fingerprint density at radius 1 is 1.26 bits per heavy atom. The monoisotopic (exact) mass is 263 g/mol. The lowest BCUT2D eigenvalue weighted by atomic mass is 10.0. The summed E-state index contributed by atoms with van der Waals surface area (Å²) in [6.07, 6.45) is 0. The van der Waals surface area contributed by atoms with Crippen molar-refractivity contribution < 1.29 is 4.79 Å². The molecule has 0 atom stereocenters. The number of benzene rings is 1. The van der Waals surface area contributed by atoms with Gasteiger partial charge in [0, 0.05) is 24.3 Å². The van der Waals surface area contributed by atoms with Crippen molar-refractivity contribution >= 4 is 11.6 Å². The number of amides is 1. The van der Waals surface area contributed by atoms with Crippen molar-refractivity contribution in [2.75, 3.05) is 32.5 Å². The molecule has 0 fully saturated rings. The third-order valence-corrected chi connectivity index (χ3v) is 3.43. The van der Waals surface area contributed by atoms with Crippen LogP contribution in [0.4, 0.5) is 5.69 Å². The summed E-state index contributed by atoms with van der Waals surface area (Å²) in [5.74, 6) is -0.0357. The summed E-state index contributed by atoms with van der Waals surface area (Å²) < 4.78 is 0. The first-order chi connectivity index (χ1) is 8.88. The number of carbonyl (C=O) groups is 1. The highest BCUT2D eigenvalue weighted by atomic mass is 16.1. The third kappa shape index (κ3) is 4.24. The van der Waals surface area contributed by atoms with Gasteiger partial charge in [0.25, 0.3) is 5.91 Å². The summed E-state index contributed by atoms with van der Waals surface area (Å²) in [5, 5.41) is 6.20. The zero-order chi connectivity index (χ0) is 14.5. The molecule has 0 aromatic heterocycles. The van der Waals surface area contributed by atoms with Crippen LogP contribution in [0.1, 0.15) is 31.1 Å². The Hall–Kier alpha value is -1.55. The van der Waals surface area contributed by atoms with Crippen LogP contribution in [0.5, 0.6) is 0 Å². The summed E-state index contributed by atoms with van der Waals surface area (Å²) >= 11 is 0. The highest BCUT2D eigenvalue weighted by Gasteiger charge is 2.21. The van der Waals surface area contributed by atoms with Crippen LogP contribution in [-0.2, 0) is 0 Å². The second-order valence-corrected chi connectivity index (χ2v) is 5.47. The Labute approximate surface area is 116 Å². The second-order valence-electron chi connectivity index (χ2n) is 5.47. The van der Waals surface area contributed by atoms with E-state index >= 15 is 0 Å². The molecule has 0 saturated heterocycles. The maximum Gasteiger partial charge on any atom is 0.253 e. The molecule has 1 aromatic rings. The first kappa shape index (κ1) is 15.5. The molecule has 0 bridgehead atoms. The number of nitrogens with zero attached hydrogens (tertiary/aromatic N) is 1.